The van der Waals surface area contributed by atoms with Crippen molar-refractivity contribution in [2.45, 2.75) is 6.04 Å². The SMILES string of the molecule is COc1ccc([C@H]2C(C(=O)/C=C/c3ccco3)=C(O)C(=O)N2CCN2CCOCC2)cc1OC. The standard InChI is InChI=1S/C25H28N2O7/c1-31-20-8-5-17(16-21(20)32-2)23-22(19(28)7-6-18-4-3-13-34-18)24(29)25(30)27(23)10-9-26-11-14-33-15-12-26/h3-8,13,16,23,29H,9-12,14-15H2,1-2H3/b7-6+/t23-/m0/s1. The molecule has 0 spiro atoms. The van der Waals surface area contributed by atoms with Crippen LogP contribution in [0.25, 0.3) is 6.08 Å². The second-order valence-electron chi connectivity index (χ2n) is 7.94. The topological polar surface area (TPSA) is 102 Å². The van der Waals surface area contributed by atoms with E-state index in [1.165, 1.54) is 37.5 Å². The van der Waals surface area contributed by atoms with E-state index in [9.17, 15) is 14.7 Å². The molecular weight excluding hydrogens is 440 g/mol. The third kappa shape index (κ3) is 4.85. The molecule has 1 N–H and O–H groups in total. The third-order valence-corrected chi connectivity index (χ3v) is 6.00. The number of carbonyl (C=O) groups excluding carboxylic acids is 2. The highest BCUT2D eigenvalue weighted by molar-refractivity contribution is 6.14. The largest absolute Gasteiger partial charge is 0.503 e. The Bertz CT molecular complexity index is 1080. The zero-order chi connectivity index (χ0) is 24.1. The maximum absolute atomic E-state index is 13.2. The van der Waals surface area contributed by atoms with Gasteiger partial charge in [0.15, 0.2) is 23.0 Å². The number of carbonyl (C=O) groups is 2. The number of nitrogens with zero attached hydrogens (tertiary/aromatic N) is 2. The molecule has 34 heavy (non-hydrogen) atoms. The first kappa shape index (κ1) is 23.6. The molecule has 180 valence electrons. The number of rotatable bonds is 9. The van der Waals surface area contributed by atoms with Gasteiger partial charge in [-0.15, -0.1) is 0 Å². The summed E-state index contributed by atoms with van der Waals surface area (Å²) in [6, 6.07) is 7.85. The second kappa shape index (κ2) is 10.6. The minimum Gasteiger partial charge on any atom is -0.503 e. The van der Waals surface area contributed by atoms with Crippen LogP contribution < -0.4 is 9.47 Å². The molecule has 2 aliphatic heterocycles. The van der Waals surface area contributed by atoms with Crippen LogP contribution in [0.3, 0.4) is 0 Å². The highest BCUT2D eigenvalue weighted by atomic mass is 16.5. The van der Waals surface area contributed by atoms with Crippen molar-refractivity contribution in [1.82, 2.24) is 9.80 Å². The Hall–Kier alpha value is -3.56. The Kier molecular flexibility index (Phi) is 7.34. The predicted molar refractivity (Wildman–Crippen MR) is 124 cm³/mol. The molecule has 0 saturated carbocycles. The minimum absolute atomic E-state index is 0.0157. The normalized spacial score (nSPS) is 19.3. The maximum atomic E-state index is 13.2. The molecule has 1 aromatic heterocycles. The fourth-order valence-electron chi connectivity index (χ4n) is 4.21. The van der Waals surface area contributed by atoms with Crippen LogP contribution in [0.1, 0.15) is 17.4 Å². The summed E-state index contributed by atoms with van der Waals surface area (Å²) >= 11 is 0. The zero-order valence-electron chi connectivity index (χ0n) is 19.2. The monoisotopic (exact) mass is 468 g/mol. The lowest BCUT2D eigenvalue weighted by molar-refractivity contribution is -0.129. The van der Waals surface area contributed by atoms with E-state index in [1.807, 2.05) is 0 Å². The summed E-state index contributed by atoms with van der Waals surface area (Å²) in [5.41, 5.74) is 0.647. The molecule has 9 nitrogen and oxygen atoms in total. The Morgan fingerprint density at radius 3 is 2.59 bits per heavy atom. The molecule has 0 bridgehead atoms. The summed E-state index contributed by atoms with van der Waals surface area (Å²) in [6.45, 7) is 3.73. The smallest absolute Gasteiger partial charge is 0.290 e. The van der Waals surface area contributed by atoms with Crippen molar-refractivity contribution in [2.75, 3.05) is 53.6 Å². The number of allylic oxidation sites excluding steroid dienone is 1. The quantitative estimate of drug-likeness (QED) is 0.561. The summed E-state index contributed by atoms with van der Waals surface area (Å²) in [6.07, 6.45) is 4.31. The molecule has 0 aliphatic carbocycles. The fraction of sp³-hybridized carbons (Fsp3) is 0.360. The first-order valence-electron chi connectivity index (χ1n) is 11.1. The number of hydrogen-bond acceptors (Lipinski definition) is 8. The molecule has 4 rings (SSSR count). The van der Waals surface area contributed by atoms with Gasteiger partial charge in [0.1, 0.15) is 5.76 Å². The Morgan fingerprint density at radius 1 is 1.15 bits per heavy atom. The van der Waals surface area contributed by atoms with E-state index in [2.05, 4.69) is 4.90 Å². The lowest BCUT2D eigenvalue weighted by Crippen LogP contribution is -2.43. The second-order valence-corrected chi connectivity index (χ2v) is 7.94. The van der Waals surface area contributed by atoms with Crippen LogP contribution >= 0.6 is 0 Å². The van der Waals surface area contributed by atoms with Crippen molar-refractivity contribution < 1.29 is 33.3 Å². The number of benzene rings is 1. The molecule has 1 amide bonds. The highest BCUT2D eigenvalue weighted by Gasteiger charge is 2.43. The van der Waals surface area contributed by atoms with Gasteiger partial charge in [-0.1, -0.05) is 6.07 Å². The summed E-state index contributed by atoms with van der Waals surface area (Å²) in [5.74, 6) is -0.127. The number of aliphatic hydroxyl groups excluding tert-OH is 1. The van der Waals surface area contributed by atoms with Crippen LogP contribution in [0, 0.1) is 0 Å². The van der Waals surface area contributed by atoms with Crippen LogP contribution in [-0.2, 0) is 14.3 Å². The van der Waals surface area contributed by atoms with Gasteiger partial charge < -0.3 is 28.6 Å². The van der Waals surface area contributed by atoms with E-state index in [4.69, 9.17) is 18.6 Å². The van der Waals surface area contributed by atoms with Crippen LogP contribution in [0.15, 0.2) is 58.4 Å². The average molecular weight is 469 g/mol. The number of morpholine rings is 1. The number of ketones is 1. The van der Waals surface area contributed by atoms with Crippen molar-refractivity contribution in [3.8, 4) is 11.5 Å². The maximum Gasteiger partial charge on any atom is 0.290 e. The highest BCUT2D eigenvalue weighted by Crippen LogP contribution is 2.40. The molecule has 1 atom stereocenters. The summed E-state index contributed by atoms with van der Waals surface area (Å²) in [5, 5.41) is 10.8. The van der Waals surface area contributed by atoms with Gasteiger partial charge in [0.2, 0.25) is 0 Å². The summed E-state index contributed by atoms with van der Waals surface area (Å²) in [7, 11) is 3.05. The molecule has 0 unspecified atom stereocenters. The lowest BCUT2D eigenvalue weighted by Gasteiger charge is -2.31. The molecule has 1 aromatic carbocycles. The van der Waals surface area contributed by atoms with Gasteiger partial charge in [-0.3, -0.25) is 14.5 Å². The van der Waals surface area contributed by atoms with Crippen LogP contribution in [0.2, 0.25) is 0 Å². The summed E-state index contributed by atoms with van der Waals surface area (Å²) in [4.78, 5) is 30.0. The number of furan rings is 1. The van der Waals surface area contributed by atoms with E-state index in [0.717, 1.165) is 13.1 Å². The number of amides is 1. The molecule has 3 heterocycles. The lowest BCUT2D eigenvalue weighted by atomic mass is 9.95. The number of methoxy groups -OCH3 is 2. The molecule has 2 aromatic rings. The van der Waals surface area contributed by atoms with E-state index in [-0.39, 0.29) is 5.57 Å². The predicted octanol–water partition coefficient (Wildman–Crippen LogP) is 2.61. The van der Waals surface area contributed by atoms with Gasteiger partial charge in [-0.2, -0.15) is 0 Å². The Balaban J connectivity index is 1.67. The van der Waals surface area contributed by atoms with Gasteiger partial charge in [0.05, 0.1) is 45.3 Å². The van der Waals surface area contributed by atoms with Crippen LogP contribution in [0.4, 0.5) is 0 Å². The van der Waals surface area contributed by atoms with Gasteiger partial charge in [-0.25, -0.2) is 0 Å². The van der Waals surface area contributed by atoms with Crippen molar-refractivity contribution in [3.63, 3.8) is 0 Å². The molecule has 0 radical (unpaired) electrons. The minimum atomic E-state index is -0.776. The van der Waals surface area contributed by atoms with Gasteiger partial charge in [0, 0.05) is 26.2 Å². The zero-order valence-corrected chi connectivity index (χ0v) is 19.2. The number of hydrogen-bond donors (Lipinski definition) is 1. The van der Waals surface area contributed by atoms with Crippen molar-refractivity contribution >= 4 is 17.8 Å². The molecule has 9 heteroatoms. The van der Waals surface area contributed by atoms with Crippen LogP contribution in [0.5, 0.6) is 11.5 Å². The Morgan fingerprint density at radius 2 is 1.91 bits per heavy atom. The van der Waals surface area contributed by atoms with Crippen molar-refractivity contribution in [1.29, 1.82) is 0 Å². The van der Waals surface area contributed by atoms with Crippen molar-refractivity contribution in [3.05, 3.63) is 65.3 Å². The van der Waals surface area contributed by atoms with Gasteiger partial charge in [-0.05, 0) is 42.0 Å². The van der Waals surface area contributed by atoms with E-state index in [1.54, 1.807) is 30.3 Å². The first-order chi connectivity index (χ1) is 16.5. The Labute approximate surface area is 197 Å². The fourth-order valence-corrected chi connectivity index (χ4v) is 4.21. The van der Waals surface area contributed by atoms with E-state index >= 15 is 0 Å². The van der Waals surface area contributed by atoms with Gasteiger partial charge in [0.25, 0.3) is 5.91 Å². The van der Waals surface area contributed by atoms with Gasteiger partial charge >= 0.3 is 0 Å². The van der Waals surface area contributed by atoms with E-state index in [0.29, 0.717) is 49.1 Å². The third-order valence-electron chi connectivity index (χ3n) is 6.00. The average Bonchev–Trinajstić information content (AvgIpc) is 3.48. The van der Waals surface area contributed by atoms with E-state index < -0.39 is 23.5 Å². The molecule has 1 saturated heterocycles. The first-order valence-corrected chi connectivity index (χ1v) is 11.1. The van der Waals surface area contributed by atoms with Crippen LogP contribution in [-0.4, -0.2) is 80.2 Å². The summed E-state index contributed by atoms with van der Waals surface area (Å²) < 4.78 is 21.4. The molecule has 2 aliphatic rings. The number of aliphatic hydroxyl groups is 1. The molecule has 1 fully saturated rings. The molecular formula is C25H28N2O7. The van der Waals surface area contributed by atoms with Crippen molar-refractivity contribution in [2.24, 2.45) is 0 Å². The number of ether oxygens (including phenoxy) is 3.